The lowest BCUT2D eigenvalue weighted by molar-refractivity contribution is 0.180. The number of hydrogen-bond acceptors (Lipinski definition) is 6. The highest BCUT2D eigenvalue weighted by atomic mass is 32.2. The third-order valence-electron chi connectivity index (χ3n) is 4.40. The van der Waals surface area contributed by atoms with E-state index in [0.717, 1.165) is 24.3 Å². The minimum atomic E-state index is -3.59. The fraction of sp³-hybridized carbons (Fsp3) is 0.529. The number of rotatable bonds is 5. The lowest BCUT2D eigenvalue weighted by Gasteiger charge is -2.31. The molecule has 3 heterocycles. The summed E-state index contributed by atoms with van der Waals surface area (Å²) < 4.78 is 38.2. The van der Waals surface area contributed by atoms with Gasteiger partial charge in [0.15, 0.2) is 5.76 Å². The second-order valence-electron chi connectivity index (χ2n) is 6.47. The zero-order chi connectivity index (χ0) is 18.0. The number of ether oxygens (including phenoxy) is 1. The molecule has 0 amide bonds. The van der Waals surface area contributed by atoms with Gasteiger partial charge in [-0.2, -0.15) is 4.31 Å². The van der Waals surface area contributed by atoms with Gasteiger partial charge in [-0.15, -0.1) is 0 Å². The van der Waals surface area contributed by atoms with Crippen molar-refractivity contribution in [1.29, 1.82) is 0 Å². The first-order valence-corrected chi connectivity index (χ1v) is 9.80. The van der Waals surface area contributed by atoms with Gasteiger partial charge in [0.25, 0.3) is 0 Å². The molecule has 1 aliphatic heterocycles. The lowest BCUT2D eigenvalue weighted by Crippen LogP contribution is -2.41. The number of nitrogens with zero attached hydrogens (tertiary/aromatic N) is 3. The maximum Gasteiger partial charge on any atom is 0.248 e. The summed E-state index contributed by atoms with van der Waals surface area (Å²) in [5, 5.41) is 3.77. The minimum Gasteiger partial charge on any atom is -0.493 e. The summed E-state index contributed by atoms with van der Waals surface area (Å²) in [4.78, 5) is 4.33. The number of sulfonamides is 1. The monoisotopic (exact) mass is 365 g/mol. The maximum absolute atomic E-state index is 12.9. The van der Waals surface area contributed by atoms with Gasteiger partial charge in [0.1, 0.15) is 16.3 Å². The van der Waals surface area contributed by atoms with Crippen LogP contribution >= 0.6 is 0 Å². The SMILES string of the molecule is Cc1cc(OCC2CCCN(S(=O)(=O)c3c(C)noc3C)C2)ccn1. The molecular weight excluding hydrogens is 342 g/mol. The van der Waals surface area contributed by atoms with Crippen molar-refractivity contribution >= 4 is 10.0 Å². The molecule has 25 heavy (non-hydrogen) atoms. The summed E-state index contributed by atoms with van der Waals surface area (Å²) in [5.41, 5.74) is 1.30. The number of hydrogen-bond donors (Lipinski definition) is 0. The summed E-state index contributed by atoms with van der Waals surface area (Å²) in [5.74, 6) is 1.25. The van der Waals surface area contributed by atoms with Crippen LogP contribution in [0.15, 0.2) is 27.7 Å². The summed E-state index contributed by atoms with van der Waals surface area (Å²) in [7, 11) is -3.59. The van der Waals surface area contributed by atoms with Gasteiger partial charge >= 0.3 is 0 Å². The molecule has 7 nitrogen and oxygen atoms in total. The average molecular weight is 365 g/mol. The van der Waals surface area contributed by atoms with E-state index >= 15 is 0 Å². The van der Waals surface area contributed by atoms with Crippen molar-refractivity contribution in [2.75, 3.05) is 19.7 Å². The first kappa shape index (κ1) is 17.9. The van der Waals surface area contributed by atoms with Crippen molar-refractivity contribution in [3.05, 3.63) is 35.5 Å². The Morgan fingerprint density at radius 2 is 2.16 bits per heavy atom. The first-order valence-electron chi connectivity index (χ1n) is 8.36. The molecule has 1 atom stereocenters. The van der Waals surface area contributed by atoms with E-state index in [1.165, 1.54) is 4.31 Å². The molecule has 1 aliphatic rings. The Morgan fingerprint density at radius 1 is 1.36 bits per heavy atom. The second-order valence-corrected chi connectivity index (χ2v) is 8.34. The number of aromatic nitrogens is 2. The van der Waals surface area contributed by atoms with Gasteiger partial charge < -0.3 is 9.26 Å². The first-order chi connectivity index (χ1) is 11.9. The van der Waals surface area contributed by atoms with Gasteiger partial charge in [-0.3, -0.25) is 4.98 Å². The lowest BCUT2D eigenvalue weighted by atomic mass is 10.0. The van der Waals surface area contributed by atoms with Crippen molar-refractivity contribution in [3.8, 4) is 5.75 Å². The fourth-order valence-corrected chi connectivity index (χ4v) is 5.02. The third-order valence-corrected chi connectivity index (χ3v) is 6.51. The van der Waals surface area contributed by atoms with E-state index in [0.29, 0.717) is 31.2 Å². The quantitative estimate of drug-likeness (QED) is 0.809. The molecule has 0 spiro atoms. The zero-order valence-electron chi connectivity index (χ0n) is 14.7. The van der Waals surface area contributed by atoms with Gasteiger partial charge in [-0.1, -0.05) is 5.16 Å². The van der Waals surface area contributed by atoms with E-state index in [1.807, 2.05) is 19.1 Å². The Hall–Kier alpha value is -1.93. The summed E-state index contributed by atoms with van der Waals surface area (Å²) in [6.07, 6.45) is 3.46. The fourth-order valence-electron chi connectivity index (χ4n) is 3.18. The Labute approximate surface area is 148 Å². The third kappa shape index (κ3) is 3.85. The van der Waals surface area contributed by atoms with Crippen LogP contribution in [0.25, 0.3) is 0 Å². The van der Waals surface area contributed by atoms with E-state index in [1.54, 1.807) is 20.0 Å². The van der Waals surface area contributed by atoms with Gasteiger partial charge in [-0.25, -0.2) is 8.42 Å². The van der Waals surface area contributed by atoms with Crippen LogP contribution in [0, 0.1) is 26.7 Å². The van der Waals surface area contributed by atoms with Crippen molar-refractivity contribution in [3.63, 3.8) is 0 Å². The Morgan fingerprint density at radius 3 is 2.84 bits per heavy atom. The molecule has 136 valence electrons. The van der Waals surface area contributed by atoms with Gasteiger partial charge in [0.05, 0.1) is 6.61 Å². The highest BCUT2D eigenvalue weighted by Crippen LogP contribution is 2.28. The molecule has 0 bridgehead atoms. The smallest absolute Gasteiger partial charge is 0.248 e. The van der Waals surface area contributed by atoms with E-state index in [-0.39, 0.29) is 10.8 Å². The summed E-state index contributed by atoms with van der Waals surface area (Å²) >= 11 is 0. The van der Waals surface area contributed by atoms with Crippen molar-refractivity contribution in [2.24, 2.45) is 5.92 Å². The largest absolute Gasteiger partial charge is 0.493 e. The Bertz CT molecular complexity index is 828. The highest BCUT2D eigenvalue weighted by molar-refractivity contribution is 7.89. The predicted octanol–water partition coefficient (Wildman–Crippen LogP) is 2.47. The van der Waals surface area contributed by atoms with Gasteiger partial charge in [0, 0.05) is 37.0 Å². The molecule has 1 fully saturated rings. The van der Waals surface area contributed by atoms with E-state index in [4.69, 9.17) is 9.26 Å². The van der Waals surface area contributed by atoms with Crippen LogP contribution < -0.4 is 4.74 Å². The summed E-state index contributed by atoms with van der Waals surface area (Å²) in [6.45, 7) is 6.62. The molecule has 2 aromatic heterocycles. The van der Waals surface area contributed by atoms with Crippen molar-refractivity contribution in [2.45, 2.75) is 38.5 Å². The minimum absolute atomic E-state index is 0.150. The molecule has 1 saturated heterocycles. The molecule has 3 rings (SSSR count). The van der Waals surface area contributed by atoms with Crippen LogP contribution in [0.1, 0.15) is 30.0 Å². The Balaban J connectivity index is 1.69. The normalized spacial score (nSPS) is 19.1. The van der Waals surface area contributed by atoms with Crippen LogP contribution in [-0.4, -0.2) is 42.6 Å². The van der Waals surface area contributed by atoms with Crippen LogP contribution in [0.2, 0.25) is 0 Å². The predicted molar refractivity (Wildman–Crippen MR) is 91.9 cm³/mol. The van der Waals surface area contributed by atoms with Crippen molar-refractivity contribution < 1.29 is 17.7 Å². The summed E-state index contributed by atoms with van der Waals surface area (Å²) in [6, 6.07) is 3.69. The van der Waals surface area contributed by atoms with E-state index < -0.39 is 10.0 Å². The molecule has 0 N–H and O–H groups in total. The Kier molecular flexibility index (Phi) is 5.10. The number of aryl methyl sites for hydroxylation is 3. The van der Waals surface area contributed by atoms with Crippen molar-refractivity contribution in [1.82, 2.24) is 14.4 Å². The van der Waals surface area contributed by atoms with Gasteiger partial charge in [-0.05, 0) is 39.7 Å². The molecule has 2 aromatic rings. The van der Waals surface area contributed by atoms with E-state index in [9.17, 15) is 8.42 Å². The highest BCUT2D eigenvalue weighted by Gasteiger charge is 2.34. The van der Waals surface area contributed by atoms with E-state index in [2.05, 4.69) is 10.1 Å². The van der Waals surface area contributed by atoms with Crippen LogP contribution in [0.3, 0.4) is 0 Å². The zero-order valence-corrected chi connectivity index (χ0v) is 15.5. The number of pyridine rings is 1. The molecule has 8 heteroatoms. The van der Waals surface area contributed by atoms with Crippen LogP contribution in [0.4, 0.5) is 0 Å². The molecular formula is C17H23N3O4S. The second kappa shape index (κ2) is 7.13. The number of piperidine rings is 1. The maximum atomic E-state index is 12.9. The molecule has 0 saturated carbocycles. The molecule has 1 unspecified atom stereocenters. The van der Waals surface area contributed by atoms with Crippen LogP contribution in [-0.2, 0) is 10.0 Å². The topological polar surface area (TPSA) is 85.5 Å². The van der Waals surface area contributed by atoms with Crippen LogP contribution in [0.5, 0.6) is 5.75 Å². The van der Waals surface area contributed by atoms with Gasteiger partial charge in [0.2, 0.25) is 10.0 Å². The molecule has 0 radical (unpaired) electrons. The average Bonchev–Trinajstić information content (AvgIpc) is 2.93. The molecule has 0 aromatic carbocycles. The standard InChI is InChI=1S/C17H23N3O4S/c1-12-9-16(6-7-18-12)23-11-15-5-4-8-20(10-15)25(21,22)17-13(2)19-24-14(17)3/h6-7,9,15H,4-5,8,10-11H2,1-3H3. The molecule has 0 aliphatic carbocycles.